The number of methoxy groups -OCH3 is 2. The van der Waals surface area contributed by atoms with E-state index in [1.54, 1.807) is 35.8 Å². The van der Waals surface area contributed by atoms with Gasteiger partial charge in [-0.25, -0.2) is 9.98 Å². The van der Waals surface area contributed by atoms with E-state index in [4.69, 9.17) is 19.5 Å². The Labute approximate surface area is 150 Å². The second-order valence-corrected chi connectivity index (χ2v) is 10.5. The normalized spacial score (nSPS) is 16.7. The topological polar surface area (TPSA) is 43.2 Å². The summed E-state index contributed by atoms with van der Waals surface area (Å²) in [4.78, 5) is 9.44. The third-order valence-corrected chi connectivity index (χ3v) is 9.25. The van der Waals surface area contributed by atoms with E-state index in [0.29, 0.717) is 0 Å². The largest absolute Gasteiger partial charge is 0.497 e. The molecule has 4 nitrogen and oxygen atoms in total. The molecule has 0 N–H and O–H groups in total. The van der Waals surface area contributed by atoms with Gasteiger partial charge in [0.25, 0.3) is 0 Å². The van der Waals surface area contributed by atoms with Crippen LogP contribution in [0.15, 0.2) is 58.5 Å². The summed E-state index contributed by atoms with van der Waals surface area (Å²) in [6.45, 7) is 0. The van der Waals surface area contributed by atoms with E-state index in [2.05, 4.69) is 0 Å². The Kier molecular flexibility index (Phi) is 4.39. The van der Waals surface area contributed by atoms with Crippen molar-refractivity contribution < 1.29 is 9.47 Å². The highest BCUT2D eigenvalue weighted by atomic mass is 33.5. The molecule has 0 unspecified atom stereocenters. The molecule has 0 amide bonds. The van der Waals surface area contributed by atoms with Gasteiger partial charge in [-0.1, -0.05) is 0 Å². The van der Waals surface area contributed by atoms with Crippen molar-refractivity contribution in [3.63, 3.8) is 0 Å². The van der Waals surface area contributed by atoms with Crippen LogP contribution in [0.5, 0.6) is 11.5 Å². The Morgan fingerprint density at radius 2 is 1.12 bits per heavy atom. The number of ether oxygens (including phenoxy) is 2. The highest BCUT2D eigenvalue weighted by Crippen LogP contribution is 2.55. The molecule has 2 aliphatic heterocycles. The fourth-order valence-electron chi connectivity index (χ4n) is 2.24. The maximum Gasteiger partial charge on any atom is 0.200 e. The number of hydrogen-bond acceptors (Lipinski definition) is 6. The van der Waals surface area contributed by atoms with Crippen molar-refractivity contribution in [2.45, 2.75) is 0 Å². The molecule has 0 aliphatic carbocycles. The molecule has 0 saturated carbocycles. The first kappa shape index (κ1) is 15.8. The van der Waals surface area contributed by atoms with Gasteiger partial charge in [0.1, 0.15) is 21.6 Å². The second-order valence-electron chi connectivity index (χ2n) is 4.97. The lowest BCUT2D eigenvalue weighted by atomic mass is 10.2. The van der Waals surface area contributed by atoms with Gasteiger partial charge < -0.3 is 9.47 Å². The highest BCUT2D eigenvalue weighted by molar-refractivity contribution is 9.21. The zero-order chi connectivity index (χ0) is 16.5. The Balaban J connectivity index is 1.54. The molecule has 0 saturated heterocycles. The third kappa shape index (κ3) is 2.99. The predicted molar refractivity (Wildman–Crippen MR) is 107 cm³/mol. The average Bonchev–Trinajstić information content (AvgIpc) is 3.21. The van der Waals surface area contributed by atoms with E-state index >= 15 is 0 Å². The summed E-state index contributed by atoms with van der Waals surface area (Å²) in [7, 11) is 6.83. The minimum atomic E-state index is -0.0632. The molecule has 122 valence electrons. The van der Waals surface area contributed by atoms with E-state index in [-0.39, 0.29) is 8.55 Å². The van der Waals surface area contributed by atoms with Crippen LogP contribution >= 0.6 is 30.1 Å². The summed E-state index contributed by atoms with van der Waals surface area (Å²) in [5.74, 6) is 1.71. The van der Waals surface area contributed by atoms with Crippen molar-refractivity contribution >= 4 is 45.3 Å². The molecule has 2 aromatic rings. The van der Waals surface area contributed by atoms with Crippen LogP contribution in [-0.4, -0.2) is 29.4 Å². The molecule has 0 aromatic heterocycles. The third-order valence-electron chi connectivity index (χ3n) is 3.53. The highest BCUT2D eigenvalue weighted by Gasteiger charge is 2.27. The van der Waals surface area contributed by atoms with E-state index in [1.807, 2.05) is 48.5 Å². The lowest BCUT2D eigenvalue weighted by Gasteiger charge is -2.06. The van der Waals surface area contributed by atoms with E-state index in [1.165, 1.54) is 0 Å². The standard InChI is InChI=1S/C17H14N2O2S3/c1-20-13-7-3-11(4-8-13)15-18-17-19-16(23-24(17)22-15)12-5-9-14(21-2)10-6-12/h3-10H,1-2H3. The quantitative estimate of drug-likeness (QED) is 0.580. The van der Waals surface area contributed by atoms with Crippen molar-refractivity contribution in [1.29, 1.82) is 0 Å². The molecule has 24 heavy (non-hydrogen) atoms. The number of rotatable bonds is 4. The number of aliphatic imine (C=N–C) groups is 2. The van der Waals surface area contributed by atoms with Gasteiger partial charge in [0.15, 0.2) is 0 Å². The first-order chi connectivity index (χ1) is 11.8. The molecule has 0 atom stereocenters. The van der Waals surface area contributed by atoms with Crippen LogP contribution in [0.3, 0.4) is 0 Å². The number of benzene rings is 2. The summed E-state index contributed by atoms with van der Waals surface area (Å²) < 4.78 is 10.4. The molecule has 0 radical (unpaired) electrons. The Morgan fingerprint density at radius 1 is 0.708 bits per heavy atom. The fraction of sp³-hybridized carbons (Fsp3) is 0.118. The lowest BCUT2D eigenvalue weighted by Crippen LogP contribution is -1.97. The minimum Gasteiger partial charge on any atom is -0.497 e. The van der Waals surface area contributed by atoms with Crippen molar-refractivity contribution in [2.75, 3.05) is 14.2 Å². The van der Waals surface area contributed by atoms with Crippen LogP contribution in [0.1, 0.15) is 11.1 Å². The Hall–Kier alpha value is -1.70. The van der Waals surface area contributed by atoms with Crippen molar-refractivity contribution in [2.24, 2.45) is 9.98 Å². The molecule has 0 spiro atoms. The number of nitrogens with zero attached hydrogens (tertiary/aromatic N) is 2. The summed E-state index contributed by atoms with van der Waals surface area (Å²) >= 11 is 0. The summed E-state index contributed by atoms with van der Waals surface area (Å²) in [5.41, 5.74) is 2.22. The van der Waals surface area contributed by atoms with Crippen molar-refractivity contribution in [3.8, 4) is 11.5 Å². The molecular formula is C17H14N2O2S3. The SMILES string of the molecule is COc1ccc(C2=NC3=S(S2)SC(c2ccc(OC)cc2)=N3)cc1. The van der Waals surface area contributed by atoms with Gasteiger partial charge in [-0.3, -0.25) is 0 Å². The summed E-state index contributed by atoms with van der Waals surface area (Å²) in [5, 5.41) is 2.98. The van der Waals surface area contributed by atoms with Gasteiger partial charge in [-0.05, 0) is 78.7 Å². The van der Waals surface area contributed by atoms with Crippen LogP contribution in [-0.2, 0) is 0 Å². The van der Waals surface area contributed by atoms with Crippen molar-refractivity contribution in [3.05, 3.63) is 59.7 Å². The molecule has 2 heterocycles. The van der Waals surface area contributed by atoms with Gasteiger partial charge in [0.2, 0.25) is 5.11 Å². The van der Waals surface area contributed by atoms with Crippen molar-refractivity contribution in [1.82, 2.24) is 0 Å². The van der Waals surface area contributed by atoms with Crippen LogP contribution in [0.25, 0.3) is 0 Å². The Bertz CT molecular complexity index is 800. The van der Waals surface area contributed by atoms with Gasteiger partial charge in [0.05, 0.1) is 14.2 Å². The minimum absolute atomic E-state index is 0.0632. The zero-order valence-corrected chi connectivity index (χ0v) is 15.5. The van der Waals surface area contributed by atoms with Crippen LogP contribution < -0.4 is 9.47 Å². The van der Waals surface area contributed by atoms with Crippen LogP contribution in [0.4, 0.5) is 0 Å². The summed E-state index contributed by atoms with van der Waals surface area (Å²) in [6.07, 6.45) is 0. The first-order valence-corrected chi connectivity index (χ1v) is 11.1. The van der Waals surface area contributed by atoms with Gasteiger partial charge in [-0.15, -0.1) is 0 Å². The van der Waals surface area contributed by atoms with Gasteiger partial charge in [0, 0.05) is 11.1 Å². The zero-order valence-electron chi connectivity index (χ0n) is 13.1. The molecule has 2 aliphatic rings. The second kappa shape index (κ2) is 6.66. The van der Waals surface area contributed by atoms with E-state index in [0.717, 1.165) is 37.8 Å². The summed E-state index contributed by atoms with van der Waals surface area (Å²) in [6, 6.07) is 16.0. The Morgan fingerprint density at radius 3 is 1.46 bits per heavy atom. The molecule has 7 heteroatoms. The molecular weight excluding hydrogens is 360 g/mol. The fourth-order valence-corrected chi connectivity index (χ4v) is 7.99. The molecule has 2 aromatic carbocycles. The van der Waals surface area contributed by atoms with Crippen LogP contribution in [0.2, 0.25) is 0 Å². The van der Waals surface area contributed by atoms with E-state index < -0.39 is 0 Å². The van der Waals surface area contributed by atoms with Crippen LogP contribution in [0, 0.1) is 0 Å². The maximum absolute atomic E-state index is 5.20. The van der Waals surface area contributed by atoms with E-state index in [9.17, 15) is 0 Å². The molecule has 0 fully saturated rings. The molecule has 4 rings (SSSR count). The van der Waals surface area contributed by atoms with Gasteiger partial charge >= 0.3 is 0 Å². The predicted octanol–water partition coefficient (Wildman–Crippen LogP) is 4.58. The first-order valence-electron chi connectivity index (χ1n) is 7.21. The smallest absolute Gasteiger partial charge is 0.200 e. The number of hydrogen-bond donors (Lipinski definition) is 0. The molecule has 0 bridgehead atoms. The monoisotopic (exact) mass is 374 g/mol. The lowest BCUT2D eigenvalue weighted by molar-refractivity contribution is 0.414. The maximum atomic E-state index is 5.20. The average molecular weight is 375 g/mol. The van der Waals surface area contributed by atoms with Gasteiger partial charge in [-0.2, -0.15) is 0 Å².